The van der Waals surface area contributed by atoms with Crippen LogP contribution in [0, 0.1) is 0 Å². The third-order valence-corrected chi connectivity index (χ3v) is 5.17. The molecular formula is C21H15BN6. The second-order valence-corrected chi connectivity index (χ2v) is 6.76. The Balaban J connectivity index is 1.69. The summed E-state index contributed by atoms with van der Waals surface area (Å²) in [5.74, 6) is 0. The number of aromatic nitrogens is 6. The van der Waals surface area contributed by atoms with Gasteiger partial charge in [-0.25, -0.2) is 15.0 Å². The van der Waals surface area contributed by atoms with Crippen LogP contribution in [0.2, 0.25) is 0 Å². The van der Waals surface area contributed by atoms with Crippen LogP contribution < -0.4 is 0 Å². The van der Waals surface area contributed by atoms with Crippen LogP contribution in [0.25, 0.3) is 33.1 Å². The summed E-state index contributed by atoms with van der Waals surface area (Å²) >= 11 is 0. The Kier molecular flexibility index (Phi) is 3.16. The monoisotopic (exact) mass is 362 g/mol. The first-order chi connectivity index (χ1) is 13.9. The van der Waals surface area contributed by atoms with Gasteiger partial charge in [-0.15, -0.1) is 0 Å². The van der Waals surface area contributed by atoms with Gasteiger partial charge in [0.1, 0.15) is 16.9 Å². The van der Waals surface area contributed by atoms with E-state index in [2.05, 4.69) is 83.4 Å². The molecule has 6 aromatic rings. The zero-order chi connectivity index (χ0) is 18.5. The van der Waals surface area contributed by atoms with Crippen LogP contribution in [0.3, 0.4) is 0 Å². The van der Waals surface area contributed by atoms with Crippen LogP contribution in [-0.4, -0.2) is 35.5 Å². The highest BCUT2D eigenvalue weighted by molar-refractivity contribution is 6.57. The summed E-state index contributed by atoms with van der Waals surface area (Å²) in [4.78, 5) is 13.9. The summed E-state index contributed by atoms with van der Waals surface area (Å²) in [6.45, 7) is 0. The van der Waals surface area contributed by atoms with Crippen LogP contribution in [0.4, 0.5) is 0 Å². The first-order valence-corrected chi connectivity index (χ1v) is 9.15. The molecule has 0 amide bonds. The fourth-order valence-corrected chi connectivity index (χ4v) is 3.92. The van der Waals surface area contributed by atoms with Crippen molar-refractivity contribution >= 4 is 40.2 Å². The largest absolute Gasteiger partial charge is 0.521 e. The fourth-order valence-electron chi connectivity index (χ4n) is 3.92. The van der Waals surface area contributed by atoms with Gasteiger partial charge in [-0.2, -0.15) is 0 Å². The predicted octanol–water partition coefficient (Wildman–Crippen LogP) is 3.67. The van der Waals surface area contributed by atoms with Crippen molar-refractivity contribution in [1.82, 2.24) is 28.4 Å². The summed E-state index contributed by atoms with van der Waals surface area (Å²) in [6, 6.07) is 18.4. The number of hydrogen-bond acceptors (Lipinski definition) is 3. The average Bonchev–Trinajstić information content (AvgIpc) is 3.47. The molecule has 28 heavy (non-hydrogen) atoms. The Morgan fingerprint density at radius 2 is 0.857 bits per heavy atom. The van der Waals surface area contributed by atoms with E-state index in [1.54, 1.807) is 0 Å². The van der Waals surface area contributed by atoms with E-state index in [0.29, 0.717) is 0 Å². The second kappa shape index (κ2) is 5.82. The third-order valence-electron chi connectivity index (χ3n) is 5.17. The van der Waals surface area contributed by atoms with Crippen LogP contribution in [0.5, 0.6) is 0 Å². The molecule has 0 aromatic carbocycles. The van der Waals surface area contributed by atoms with E-state index < -0.39 is 0 Å². The minimum Gasteiger partial charge on any atom is -0.336 e. The molecule has 0 N–H and O–H groups in total. The fraction of sp³-hybridized carbons (Fsp3) is 0. The predicted molar refractivity (Wildman–Crippen MR) is 111 cm³/mol. The summed E-state index contributed by atoms with van der Waals surface area (Å²) in [6.07, 6.45) is 11.7. The molecule has 0 saturated heterocycles. The Bertz CT molecular complexity index is 1270. The van der Waals surface area contributed by atoms with Crippen LogP contribution in [-0.2, 0) is 0 Å². The molecule has 0 saturated carbocycles. The molecule has 0 radical (unpaired) electrons. The van der Waals surface area contributed by atoms with E-state index in [-0.39, 0.29) is 7.12 Å². The van der Waals surface area contributed by atoms with Gasteiger partial charge in [-0.05, 0) is 73.2 Å². The zero-order valence-electron chi connectivity index (χ0n) is 14.9. The SMILES string of the molecule is c1cnc2c(c1)ccn2B(n1ccc2cccnc21)n1ccc2cccnc21. The standard InChI is InChI=1S/C21H15BN6/c1-4-16-7-13-26(19(16)23-10-1)22(27-14-8-17-5-2-11-24-20(17)27)28-15-9-18-6-3-12-25-21(18)28/h1-15H. The lowest BCUT2D eigenvalue weighted by Crippen LogP contribution is -2.40. The topological polar surface area (TPSA) is 53.5 Å². The first-order valence-electron chi connectivity index (χ1n) is 9.15. The third kappa shape index (κ3) is 2.13. The number of pyridine rings is 3. The van der Waals surface area contributed by atoms with Gasteiger partial charge in [0, 0.05) is 34.7 Å². The summed E-state index contributed by atoms with van der Waals surface area (Å²) in [7, 11) is -0.216. The summed E-state index contributed by atoms with van der Waals surface area (Å²) < 4.78 is 6.49. The molecule has 0 spiro atoms. The van der Waals surface area contributed by atoms with Crippen LogP contribution >= 0.6 is 0 Å². The van der Waals surface area contributed by atoms with Gasteiger partial charge in [0.2, 0.25) is 0 Å². The highest BCUT2D eigenvalue weighted by Crippen LogP contribution is 2.21. The van der Waals surface area contributed by atoms with Gasteiger partial charge < -0.3 is 13.4 Å². The van der Waals surface area contributed by atoms with E-state index in [0.717, 1.165) is 33.1 Å². The van der Waals surface area contributed by atoms with Crippen LogP contribution in [0.1, 0.15) is 0 Å². The van der Waals surface area contributed by atoms with Crippen molar-refractivity contribution < 1.29 is 0 Å². The van der Waals surface area contributed by atoms with E-state index in [1.807, 2.05) is 36.8 Å². The molecule has 6 heterocycles. The van der Waals surface area contributed by atoms with Crippen molar-refractivity contribution in [3.05, 3.63) is 91.8 Å². The first kappa shape index (κ1) is 15.2. The van der Waals surface area contributed by atoms with Gasteiger partial charge in [0.05, 0.1) is 0 Å². The van der Waals surface area contributed by atoms with Gasteiger partial charge in [0.25, 0.3) is 0 Å². The maximum Gasteiger partial charge on any atom is 0.521 e. The molecule has 0 fully saturated rings. The molecule has 0 aliphatic rings. The van der Waals surface area contributed by atoms with Crippen LogP contribution in [0.15, 0.2) is 91.8 Å². The number of fused-ring (bicyclic) bond motifs is 3. The van der Waals surface area contributed by atoms with E-state index >= 15 is 0 Å². The molecule has 0 aliphatic heterocycles. The minimum atomic E-state index is -0.216. The summed E-state index contributed by atoms with van der Waals surface area (Å²) in [5, 5.41) is 3.30. The molecule has 6 rings (SSSR count). The molecule has 0 unspecified atom stereocenters. The highest BCUT2D eigenvalue weighted by Gasteiger charge is 2.29. The quantitative estimate of drug-likeness (QED) is 0.452. The molecule has 0 aliphatic carbocycles. The second-order valence-electron chi connectivity index (χ2n) is 6.76. The summed E-state index contributed by atoms with van der Waals surface area (Å²) in [5.41, 5.74) is 2.76. The normalized spacial score (nSPS) is 11.6. The zero-order valence-corrected chi connectivity index (χ0v) is 14.9. The Hall–Kier alpha value is -3.87. The molecular weight excluding hydrogens is 347 g/mol. The maximum atomic E-state index is 4.64. The molecule has 6 nitrogen and oxygen atoms in total. The maximum absolute atomic E-state index is 4.64. The van der Waals surface area contributed by atoms with E-state index in [4.69, 9.17) is 0 Å². The molecule has 0 bridgehead atoms. The van der Waals surface area contributed by atoms with Crippen molar-refractivity contribution in [1.29, 1.82) is 0 Å². The van der Waals surface area contributed by atoms with Gasteiger partial charge >= 0.3 is 7.12 Å². The Morgan fingerprint density at radius 3 is 1.21 bits per heavy atom. The number of nitrogens with zero attached hydrogens (tertiary/aromatic N) is 6. The van der Waals surface area contributed by atoms with Crippen molar-refractivity contribution in [3.63, 3.8) is 0 Å². The molecule has 6 aromatic heterocycles. The lowest BCUT2D eigenvalue weighted by atomic mass is 9.91. The molecule has 0 atom stereocenters. The van der Waals surface area contributed by atoms with Crippen molar-refractivity contribution in [2.45, 2.75) is 0 Å². The Morgan fingerprint density at radius 1 is 0.500 bits per heavy atom. The van der Waals surface area contributed by atoms with Crippen molar-refractivity contribution in [3.8, 4) is 0 Å². The molecule has 7 heteroatoms. The number of rotatable bonds is 3. The highest BCUT2D eigenvalue weighted by atomic mass is 15.2. The van der Waals surface area contributed by atoms with Crippen molar-refractivity contribution in [2.75, 3.05) is 0 Å². The average molecular weight is 362 g/mol. The van der Waals surface area contributed by atoms with E-state index in [1.165, 1.54) is 0 Å². The van der Waals surface area contributed by atoms with Gasteiger partial charge in [-0.3, -0.25) is 0 Å². The smallest absolute Gasteiger partial charge is 0.336 e. The van der Waals surface area contributed by atoms with Gasteiger partial charge in [0.15, 0.2) is 0 Å². The molecule has 132 valence electrons. The minimum absolute atomic E-state index is 0.216. The van der Waals surface area contributed by atoms with Gasteiger partial charge in [-0.1, -0.05) is 0 Å². The Labute approximate surface area is 160 Å². The lowest BCUT2D eigenvalue weighted by molar-refractivity contribution is 0.988. The van der Waals surface area contributed by atoms with E-state index in [9.17, 15) is 0 Å². The van der Waals surface area contributed by atoms with Crippen molar-refractivity contribution in [2.24, 2.45) is 0 Å². The lowest BCUT2D eigenvalue weighted by Gasteiger charge is -2.19. The number of hydrogen-bond donors (Lipinski definition) is 0.